The zero-order valence-corrected chi connectivity index (χ0v) is 8.91. The molecule has 2 rings (SSSR count). The molecule has 0 unspecified atom stereocenters. The van der Waals surface area contributed by atoms with Crippen molar-refractivity contribution in [3.8, 4) is 0 Å². The van der Waals surface area contributed by atoms with E-state index in [0.717, 1.165) is 0 Å². The van der Waals surface area contributed by atoms with Crippen molar-refractivity contribution in [2.24, 2.45) is 10.9 Å². The summed E-state index contributed by atoms with van der Waals surface area (Å²) in [6, 6.07) is 4.98. The maximum Gasteiger partial charge on any atom is 0.172 e. The zero-order chi connectivity index (χ0) is 11.7. The Morgan fingerprint density at radius 3 is 2.94 bits per heavy atom. The molecule has 1 aromatic heterocycles. The molecule has 0 aliphatic heterocycles. The number of halogens is 1. The first-order chi connectivity index (χ1) is 7.67. The minimum absolute atomic E-state index is 0.0365. The first-order valence-electron chi connectivity index (χ1n) is 4.35. The second kappa shape index (κ2) is 4.09. The number of nitrogens with two attached hydrogens (primary N) is 1. The zero-order valence-electron chi connectivity index (χ0n) is 8.09. The van der Waals surface area contributed by atoms with Crippen molar-refractivity contribution in [2.45, 2.75) is 0 Å². The Morgan fingerprint density at radius 2 is 2.31 bits per heavy atom. The Hall–Kier alpha value is -1.63. The highest BCUT2D eigenvalue weighted by Crippen LogP contribution is 2.24. The van der Waals surface area contributed by atoms with Gasteiger partial charge in [0.25, 0.3) is 0 Å². The van der Waals surface area contributed by atoms with Crippen LogP contribution in [0.4, 0.5) is 3.89 Å². The lowest BCUT2D eigenvalue weighted by Crippen LogP contribution is -2.12. The number of nitrogens with zero attached hydrogens (tertiary/aromatic N) is 2. The summed E-state index contributed by atoms with van der Waals surface area (Å²) in [5.41, 5.74) is 7.08. The van der Waals surface area contributed by atoms with E-state index in [9.17, 15) is 3.89 Å². The molecule has 16 heavy (non-hydrogen) atoms. The second-order valence-corrected chi connectivity index (χ2v) is 3.73. The lowest BCUT2D eigenvalue weighted by Gasteiger charge is -1.98. The number of amidine groups is 1. The van der Waals surface area contributed by atoms with E-state index in [1.54, 1.807) is 18.2 Å². The molecule has 4 nitrogen and oxygen atoms in total. The number of fused-ring (bicyclic) bond motifs is 1. The van der Waals surface area contributed by atoms with Gasteiger partial charge in [-0.3, -0.25) is 3.97 Å². The highest BCUT2D eigenvalue weighted by molar-refractivity contribution is 7.92. The van der Waals surface area contributed by atoms with Gasteiger partial charge in [-0.05, 0) is 6.07 Å². The lowest BCUT2D eigenvalue weighted by molar-refractivity contribution is 0.318. The first kappa shape index (κ1) is 10.9. The van der Waals surface area contributed by atoms with Crippen molar-refractivity contribution in [1.82, 2.24) is 3.97 Å². The molecule has 0 saturated carbocycles. The highest BCUT2D eigenvalue weighted by Gasteiger charge is 2.12. The van der Waals surface area contributed by atoms with E-state index >= 15 is 0 Å². The van der Waals surface area contributed by atoms with Crippen molar-refractivity contribution in [1.29, 1.82) is 0 Å². The fraction of sp³-hybridized carbons (Fsp3) is 0. The summed E-state index contributed by atoms with van der Waals surface area (Å²) in [5.74, 6) is -0.0802. The molecule has 3 N–H and O–H groups in total. The van der Waals surface area contributed by atoms with E-state index in [1.807, 2.05) is 0 Å². The smallest absolute Gasteiger partial charge is 0.172 e. The number of benzene rings is 1. The Labute approximate surface area is 96.8 Å². The van der Waals surface area contributed by atoms with Crippen LogP contribution in [0.5, 0.6) is 0 Å². The minimum Gasteiger partial charge on any atom is -0.409 e. The van der Waals surface area contributed by atoms with E-state index in [2.05, 4.69) is 5.16 Å². The Bertz CT molecular complexity index is 569. The van der Waals surface area contributed by atoms with Gasteiger partial charge >= 0.3 is 0 Å². The number of rotatable bonds is 2. The minimum atomic E-state index is -0.0802. The molecule has 2 radical (unpaired) electrons. The maximum absolute atomic E-state index is 12.6. The van der Waals surface area contributed by atoms with Gasteiger partial charge < -0.3 is 10.9 Å². The average molecular weight is 235 g/mol. The largest absolute Gasteiger partial charge is 0.409 e. The standard InChI is InChI=1S/C9H7BFN3OS/c10-5-1-2-8-6(3-5)7(9(12)13-15)4-14(8)16-11/h1-4,15H,(H2,12,13). The normalized spacial score (nSPS) is 12.2. The first-order valence-corrected chi connectivity index (χ1v) is 5.02. The van der Waals surface area contributed by atoms with Gasteiger partial charge in [-0.15, -0.1) is 3.89 Å². The fourth-order valence-corrected chi connectivity index (χ4v) is 1.91. The van der Waals surface area contributed by atoms with Crippen molar-refractivity contribution in [2.75, 3.05) is 0 Å². The molecule has 2 aromatic rings. The molecule has 0 fully saturated rings. The topological polar surface area (TPSA) is 63.5 Å². The molecule has 0 spiro atoms. The van der Waals surface area contributed by atoms with E-state index in [0.29, 0.717) is 21.9 Å². The molecule has 1 heterocycles. The third kappa shape index (κ3) is 1.63. The van der Waals surface area contributed by atoms with Crippen LogP contribution in [0.1, 0.15) is 5.56 Å². The van der Waals surface area contributed by atoms with Crippen LogP contribution in [0, 0.1) is 0 Å². The van der Waals surface area contributed by atoms with Crippen LogP contribution in [0.2, 0.25) is 0 Å². The number of oxime groups is 1. The number of hydrogen-bond donors (Lipinski definition) is 2. The van der Waals surface area contributed by atoms with Gasteiger partial charge in [0.2, 0.25) is 0 Å². The Balaban J connectivity index is 2.79. The van der Waals surface area contributed by atoms with Gasteiger partial charge in [-0.2, -0.15) is 0 Å². The second-order valence-electron chi connectivity index (χ2n) is 3.20. The van der Waals surface area contributed by atoms with Crippen molar-refractivity contribution >= 4 is 42.4 Å². The van der Waals surface area contributed by atoms with E-state index < -0.39 is 0 Å². The van der Waals surface area contributed by atoms with Gasteiger partial charge in [0.05, 0.1) is 5.52 Å². The predicted octanol–water partition coefficient (Wildman–Crippen LogP) is 0.910. The maximum atomic E-state index is 12.6. The molecule has 0 bridgehead atoms. The van der Waals surface area contributed by atoms with Gasteiger partial charge in [0, 0.05) is 17.1 Å². The summed E-state index contributed by atoms with van der Waals surface area (Å²) < 4.78 is 13.9. The Morgan fingerprint density at radius 1 is 1.56 bits per heavy atom. The SMILES string of the molecule is [B]c1ccc2c(c1)c(/C(N)=N/O)cn2SF. The monoisotopic (exact) mass is 235 g/mol. The number of aromatic nitrogens is 1. The Kier molecular flexibility index (Phi) is 2.78. The fourth-order valence-electron chi connectivity index (χ4n) is 1.53. The molecule has 7 heteroatoms. The van der Waals surface area contributed by atoms with Gasteiger partial charge in [-0.1, -0.05) is 22.8 Å². The van der Waals surface area contributed by atoms with Crippen LogP contribution in [0.25, 0.3) is 10.9 Å². The van der Waals surface area contributed by atoms with Crippen LogP contribution in [0.15, 0.2) is 29.6 Å². The molecule has 0 atom stereocenters. The summed E-state index contributed by atoms with van der Waals surface area (Å²) >= 11 is 0.0365. The molecule has 0 aliphatic carbocycles. The number of hydrogen-bond acceptors (Lipinski definition) is 3. The molecular weight excluding hydrogens is 228 g/mol. The summed E-state index contributed by atoms with van der Waals surface area (Å²) in [7, 11) is 5.63. The molecule has 0 amide bonds. The molecule has 1 aromatic carbocycles. The van der Waals surface area contributed by atoms with Crippen molar-refractivity contribution < 1.29 is 9.09 Å². The van der Waals surface area contributed by atoms with Crippen molar-refractivity contribution in [3.63, 3.8) is 0 Å². The van der Waals surface area contributed by atoms with Crippen molar-refractivity contribution in [3.05, 3.63) is 30.0 Å². The molecular formula is C9H7BFN3OS. The molecule has 0 aliphatic rings. The van der Waals surface area contributed by atoms with E-state index in [-0.39, 0.29) is 18.2 Å². The summed E-state index contributed by atoms with van der Waals surface area (Å²) in [6.07, 6.45) is 1.45. The van der Waals surface area contributed by atoms with Gasteiger partial charge in [0.1, 0.15) is 7.85 Å². The van der Waals surface area contributed by atoms with Crippen LogP contribution >= 0.6 is 12.3 Å². The van der Waals surface area contributed by atoms with Crippen LogP contribution in [-0.4, -0.2) is 22.9 Å². The summed E-state index contributed by atoms with van der Waals surface area (Å²) in [4.78, 5) is 0. The molecule has 0 saturated heterocycles. The van der Waals surface area contributed by atoms with Gasteiger partial charge in [0.15, 0.2) is 18.2 Å². The highest BCUT2D eigenvalue weighted by atomic mass is 32.2. The van der Waals surface area contributed by atoms with E-state index in [1.165, 1.54) is 10.2 Å². The predicted molar refractivity (Wildman–Crippen MR) is 63.9 cm³/mol. The van der Waals surface area contributed by atoms with Crippen LogP contribution < -0.4 is 11.2 Å². The third-order valence-corrected chi connectivity index (χ3v) is 2.70. The van der Waals surface area contributed by atoms with Gasteiger partial charge in [-0.25, -0.2) is 0 Å². The van der Waals surface area contributed by atoms with E-state index in [4.69, 9.17) is 18.8 Å². The molecule has 80 valence electrons. The quantitative estimate of drug-likeness (QED) is 0.267. The van der Waals surface area contributed by atoms with Crippen LogP contribution in [-0.2, 0) is 0 Å². The lowest BCUT2D eigenvalue weighted by atomic mass is 9.94. The van der Waals surface area contributed by atoms with Crippen LogP contribution in [0.3, 0.4) is 0 Å². The third-order valence-electron chi connectivity index (χ3n) is 2.25. The average Bonchev–Trinajstić information content (AvgIpc) is 2.66. The summed E-state index contributed by atoms with van der Waals surface area (Å²) in [6.45, 7) is 0. The summed E-state index contributed by atoms with van der Waals surface area (Å²) in [5, 5.41) is 12.2.